The Morgan fingerprint density at radius 2 is 1.81 bits per heavy atom. The summed E-state index contributed by atoms with van der Waals surface area (Å²) >= 11 is 0. The number of benzene rings is 2. The lowest BCUT2D eigenvalue weighted by Crippen LogP contribution is -2.33. The van der Waals surface area contributed by atoms with Crippen molar-refractivity contribution in [3.05, 3.63) is 71.5 Å². The molecule has 1 unspecified atom stereocenters. The third-order valence-electron chi connectivity index (χ3n) is 5.15. The molecule has 8 heteroatoms. The van der Waals surface area contributed by atoms with Crippen molar-refractivity contribution in [1.29, 1.82) is 0 Å². The molecule has 0 aliphatic rings. The van der Waals surface area contributed by atoms with Gasteiger partial charge in [-0.25, -0.2) is 9.67 Å². The molecule has 2 heterocycles. The first-order valence-corrected chi connectivity index (χ1v) is 9.82. The van der Waals surface area contributed by atoms with Gasteiger partial charge in [0.25, 0.3) is 5.91 Å². The van der Waals surface area contributed by atoms with E-state index in [9.17, 15) is 4.79 Å². The van der Waals surface area contributed by atoms with Crippen LogP contribution < -0.4 is 11.1 Å². The lowest BCUT2D eigenvalue weighted by molar-refractivity contribution is 0.0939. The number of amides is 1. The Hall–Kier alpha value is -2.67. The molecule has 1 amide bonds. The summed E-state index contributed by atoms with van der Waals surface area (Å²) in [4.78, 5) is 17.8. The van der Waals surface area contributed by atoms with Crippen molar-refractivity contribution in [3.63, 3.8) is 0 Å². The van der Waals surface area contributed by atoms with E-state index in [4.69, 9.17) is 5.73 Å². The molecule has 4 rings (SSSR count). The molecule has 0 saturated heterocycles. The Bertz CT molecular complexity index is 1210. The van der Waals surface area contributed by atoms with Crippen molar-refractivity contribution in [2.75, 3.05) is 6.54 Å². The maximum atomic E-state index is 13.2. The van der Waals surface area contributed by atoms with E-state index in [2.05, 4.69) is 39.7 Å². The Morgan fingerprint density at radius 1 is 1.10 bits per heavy atom. The van der Waals surface area contributed by atoms with Crippen molar-refractivity contribution in [2.45, 2.75) is 32.9 Å². The number of aromatic nitrogens is 3. The molecule has 0 radical (unpaired) electrons. The van der Waals surface area contributed by atoms with Crippen LogP contribution in [0.2, 0.25) is 0 Å². The second-order valence-electron chi connectivity index (χ2n) is 7.60. The lowest BCUT2D eigenvalue weighted by Gasteiger charge is -2.18. The van der Waals surface area contributed by atoms with E-state index in [1.807, 2.05) is 43.7 Å². The minimum Gasteiger partial charge on any atom is -0.344 e. The van der Waals surface area contributed by atoms with Gasteiger partial charge in [0.1, 0.15) is 0 Å². The van der Waals surface area contributed by atoms with Gasteiger partial charge in [-0.3, -0.25) is 4.79 Å². The summed E-state index contributed by atoms with van der Waals surface area (Å²) in [5, 5.41) is 10.5. The van der Waals surface area contributed by atoms with Gasteiger partial charge in [0.2, 0.25) is 0 Å². The summed E-state index contributed by atoms with van der Waals surface area (Å²) in [5.74, 6) is -0.174. The van der Waals surface area contributed by atoms with E-state index >= 15 is 0 Å². The van der Waals surface area contributed by atoms with Crippen LogP contribution in [0.25, 0.3) is 21.8 Å². The highest BCUT2D eigenvalue weighted by Crippen LogP contribution is 2.23. The van der Waals surface area contributed by atoms with E-state index in [0.717, 1.165) is 33.1 Å². The van der Waals surface area contributed by atoms with Crippen molar-refractivity contribution in [3.8, 4) is 0 Å². The topological polar surface area (TPSA) is 85.8 Å². The van der Waals surface area contributed by atoms with Gasteiger partial charge in [-0.2, -0.15) is 5.10 Å². The van der Waals surface area contributed by atoms with Crippen molar-refractivity contribution < 1.29 is 4.79 Å². The van der Waals surface area contributed by atoms with Gasteiger partial charge in [-0.1, -0.05) is 36.4 Å². The average Bonchev–Trinajstić information content (AvgIpc) is 3.14. The molecule has 1 atom stereocenters. The lowest BCUT2D eigenvalue weighted by atomic mass is 10.0. The highest BCUT2D eigenvalue weighted by molar-refractivity contribution is 6.05. The molecule has 0 aliphatic carbocycles. The molecule has 0 saturated carbocycles. The monoisotopic (exact) mass is 459 g/mol. The van der Waals surface area contributed by atoms with Gasteiger partial charge in [0, 0.05) is 18.3 Å². The molecule has 164 valence electrons. The van der Waals surface area contributed by atoms with Gasteiger partial charge in [-0.15, -0.1) is 24.8 Å². The summed E-state index contributed by atoms with van der Waals surface area (Å²) in [6, 6.07) is 16.0. The van der Waals surface area contributed by atoms with Gasteiger partial charge in [0.05, 0.1) is 23.2 Å². The van der Waals surface area contributed by atoms with Crippen LogP contribution in [0, 0.1) is 6.92 Å². The van der Waals surface area contributed by atoms with Crippen molar-refractivity contribution in [2.24, 2.45) is 5.73 Å². The largest absolute Gasteiger partial charge is 0.344 e. The quantitative estimate of drug-likeness (QED) is 0.450. The van der Waals surface area contributed by atoms with Crippen LogP contribution in [0.4, 0.5) is 0 Å². The standard InChI is InChI=1S/C23H25N5O.2ClH/c1-14(2)28-22-20(13-25-28)19(10-15(3)26-22)23(29)27-21(12-24)18-9-8-16-6-4-5-7-17(16)11-18;;/h4-11,13-14,21H,12,24H2,1-3H3,(H,27,29);2*1H. The number of carbonyl (C=O) groups excluding carboxylic acids is 1. The second kappa shape index (κ2) is 10.1. The number of rotatable bonds is 5. The predicted octanol–water partition coefficient (Wildman–Crippen LogP) is 4.75. The zero-order chi connectivity index (χ0) is 20.5. The predicted molar refractivity (Wildman–Crippen MR) is 130 cm³/mol. The molecule has 6 nitrogen and oxygen atoms in total. The molecule has 3 N–H and O–H groups in total. The summed E-state index contributed by atoms with van der Waals surface area (Å²) in [7, 11) is 0. The number of carbonyl (C=O) groups is 1. The Labute approximate surface area is 194 Å². The van der Waals surface area contributed by atoms with Gasteiger partial charge >= 0.3 is 0 Å². The Kier molecular flexibility index (Phi) is 8.01. The fourth-order valence-corrected chi connectivity index (χ4v) is 3.65. The first-order valence-electron chi connectivity index (χ1n) is 9.82. The highest BCUT2D eigenvalue weighted by atomic mass is 35.5. The van der Waals surface area contributed by atoms with Crippen LogP contribution >= 0.6 is 24.8 Å². The van der Waals surface area contributed by atoms with Crippen LogP contribution in [0.15, 0.2) is 54.7 Å². The first-order chi connectivity index (χ1) is 14.0. The Morgan fingerprint density at radius 3 is 2.48 bits per heavy atom. The summed E-state index contributed by atoms with van der Waals surface area (Å²) in [6.45, 7) is 6.28. The SMILES string of the molecule is Cc1cc(C(=O)NC(CN)c2ccc3ccccc3c2)c2cnn(C(C)C)c2n1.Cl.Cl. The number of aryl methyl sites for hydroxylation is 1. The molecule has 0 aliphatic heterocycles. The van der Waals surface area contributed by atoms with E-state index in [1.54, 1.807) is 12.3 Å². The van der Waals surface area contributed by atoms with E-state index in [0.29, 0.717) is 12.1 Å². The maximum absolute atomic E-state index is 13.2. The minimum absolute atomic E-state index is 0. The van der Waals surface area contributed by atoms with Crippen molar-refractivity contribution in [1.82, 2.24) is 20.1 Å². The van der Waals surface area contributed by atoms with Gasteiger partial charge in [-0.05, 0) is 49.2 Å². The summed E-state index contributed by atoms with van der Waals surface area (Å²) in [6.07, 6.45) is 1.71. The van der Waals surface area contributed by atoms with Crippen LogP contribution in [-0.2, 0) is 0 Å². The number of halogens is 2. The molecular weight excluding hydrogens is 433 g/mol. The molecule has 4 aromatic rings. The third kappa shape index (κ3) is 4.82. The molecular formula is C23H27Cl2N5O. The number of hydrogen-bond donors (Lipinski definition) is 2. The van der Waals surface area contributed by atoms with Crippen molar-refractivity contribution >= 4 is 52.5 Å². The molecule has 2 aromatic heterocycles. The van der Waals surface area contributed by atoms with Crippen LogP contribution in [-0.4, -0.2) is 27.2 Å². The van der Waals surface area contributed by atoms with Crippen LogP contribution in [0.1, 0.15) is 47.5 Å². The first kappa shape index (κ1) is 24.6. The number of fused-ring (bicyclic) bond motifs is 2. The van der Waals surface area contributed by atoms with Gasteiger partial charge < -0.3 is 11.1 Å². The maximum Gasteiger partial charge on any atom is 0.252 e. The molecule has 0 fully saturated rings. The van der Waals surface area contributed by atoms with E-state index < -0.39 is 0 Å². The fourth-order valence-electron chi connectivity index (χ4n) is 3.65. The summed E-state index contributed by atoms with van der Waals surface area (Å²) < 4.78 is 1.84. The summed E-state index contributed by atoms with van der Waals surface area (Å²) in [5.41, 5.74) is 9.07. The number of nitrogens with two attached hydrogens (primary N) is 1. The number of pyridine rings is 1. The fraction of sp³-hybridized carbons (Fsp3) is 0.261. The number of nitrogens with one attached hydrogen (secondary N) is 1. The highest BCUT2D eigenvalue weighted by Gasteiger charge is 2.20. The minimum atomic E-state index is -0.282. The third-order valence-corrected chi connectivity index (χ3v) is 5.15. The normalized spacial score (nSPS) is 11.8. The molecule has 0 bridgehead atoms. The average molecular weight is 460 g/mol. The zero-order valence-corrected chi connectivity index (χ0v) is 19.3. The number of nitrogens with zero attached hydrogens (tertiary/aromatic N) is 3. The molecule has 0 spiro atoms. The van der Waals surface area contributed by atoms with E-state index in [1.165, 1.54) is 0 Å². The number of hydrogen-bond acceptors (Lipinski definition) is 4. The molecule has 31 heavy (non-hydrogen) atoms. The van der Waals surface area contributed by atoms with Crippen LogP contribution in [0.3, 0.4) is 0 Å². The smallest absolute Gasteiger partial charge is 0.252 e. The molecule has 2 aromatic carbocycles. The zero-order valence-electron chi connectivity index (χ0n) is 17.7. The van der Waals surface area contributed by atoms with Gasteiger partial charge in [0.15, 0.2) is 5.65 Å². The van der Waals surface area contributed by atoms with E-state index in [-0.39, 0.29) is 42.8 Å². The Balaban J connectivity index is 0.00000171. The second-order valence-corrected chi connectivity index (χ2v) is 7.60. The van der Waals surface area contributed by atoms with Crippen LogP contribution in [0.5, 0.6) is 0 Å².